The normalized spacial score (nSPS) is 17.5. The average Bonchev–Trinajstić information content (AvgIpc) is 3.07. The van der Waals surface area contributed by atoms with Crippen LogP contribution < -0.4 is 16.4 Å². The van der Waals surface area contributed by atoms with Crippen molar-refractivity contribution in [2.45, 2.75) is 19.9 Å². The van der Waals surface area contributed by atoms with Gasteiger partial charge in [0, 0.05) is 31.2 Å². The number of nitrogens with one attached hydrogen (secondary N) is 2. The monoisotopic (exact) mass is 317 g/mol. The zero-order valence-electron chi connectivity index (χ0n) is 12.9. The highest BCUT2D eigenvalue weighted by Gasteiger charge is 2.17. The van der Waals surface area contributed by atoms with Crippen LogP contribution in [0.2, 0.25) is 0 Å². The minimum atomic E-state index is -0.681. The number of carbonyl (C=O) groups excluding carboxylic acids is 1. The Bertz CT molecular complexity index is 847. The fourth-order valence-electron chi connectivity index (χ4n) is 2.82. The Morgan fingerprint density at radius 3 is 2.96 bits per heavy atom. The van der Waals surface area contributed by atoms with Gasteiger partial charge < -0.3 is 19.6 Å². The maximum atomic E-state index is 12.2. The highest BCUT2D eigenvalue weighted by Crippen LogP contribution is 2.13. The molecule has 122 valence electrons. The lowest BCUT2D eigenvalue weighted by atomic mass is 10.1. The molecule has 7 nitrogen and oxygen atoms in total. The van der Waals surface area contributed by atoms with Gasteiger partial charge in [0.15, 0.2) is 0 Å². The molecule has 1 aromatic heterocycles. The van der Waals surface area contributed by atoms with Crippen LogP contribution in [0.1, 0.15) is 23.7 Å². The largest absolute Gasteiger partial charge is 0.381 e. The van der Waals surface area contributed by atoms with Crippen molar-refractivity contribution in [3.05, 3.63) is 44.5 Å². The Kier molecular flexibility index (Phi) is 4.29. The van der Waals surface area contributed by atoms with Crippen LogP contribution in [-0.4, -0.2) is 35.2 Å². The lowest BCUT2D eigenvalue weighted by molar-refractivity contribution is 0.0945. The Hall–Kier alpha value is -2.41. The number of aromatic nitrogens is 2. The fraction of sp³-hybridized carbons (Fsp3) is 0.438. The lowest BCUT2D eigenvalue weighted by Crippen LogP contribution is -2.36. The van der Waals surface area contributed by atoms with Crippen molar-refractivity contribution in [3.8, 4) is 0 Å². The van der Waals surface area contributed by atoms with Gasteiger partial charge in [0.1, 0.15) is 0 Å². The van der Waals surface area contributed by atoms with Gasteiger partial charge in [-0.2, -0.15) is 0 Å². The van der Waals surface area contributed by atoms with Gasteiger partial charge in [-0.15, -0.1) is 0 Å². The topological polar surface area (TPSA) is 93.2 Å². The molecule has 1 aliphatic heterocycles. The zero-order valence-corrected chi connectivity index (χ0v) is 12.9. The molecule has 1 saturated heterocycles. The van der Waals surface area contributed by atoms with E-state index >= 15 is 0 Å². The molecule has 0 spiro atoms. The average molecular weight is 317 g/mol. The second-order valence-electron chi connectivity index (χ2n) is 5.68. The molecule has 2 N–H and O–H groups in total. The standard InChI is InChI=1S/C16H19N3O4/c1-2-19-13-4-3-11(7-12(13)18-15(21)16(19)22)14(20)17-8-10-5-6-23-9-10/h3-4,7,10H,2,5-6,8-9H2,1H3,(H,17,20)(H,18,21)/t10-/m0/s1. The second kappa shape index (κ2) is 6.37. The molecule has 23 heavy (non-hydrogen) atoms. The number of aromatic amines is 1. The van der Waals surface area contributed by atoms with Gasteiger partial charge in [-0.1, -0.05) is 0 Å². The van der Waals surface area contributed by atoms with E-state index in [9.17, 15) is 14.4 Å². The van der Waals surface area contributed by atoms with Gasteiger partial charge in [-0.05, 0) is 31.5 Å². The van der Waals surface area contributed by atoms with E-state index in [0.29, 0.717) is 42.2 Å². The molecule has 2 heterocycles. The molecule has 1 amide bonds. The number of ether oxygens (including phenoxy) is 1. The van der Waals surface area contributed by atoms with Crippen molar-refractivity contribution in [2.24, 2.45) is 5.92 Å². The van der Waals surface area contributed by atoms with Crippen molar-refractivity contribution in [2.75, 3.05) is 19.8 Å². The summed E-state index contributed by atoms with van der Waals surface area (Å²) in [5, 5.41) is 2.88. The molecular weight excluding hydrogens is 298 g/mol. The van der Waals surface area contributed by atoms with E-state index in [1.807, 2.05) is 0 Å². The predicted molar refractivity (Wildman–Crippen MR) is 85.8 cm³/mol. The lowest BCUT2D eigenvalue weighted by Gasteiger charge is -2.11. The minimum Gasteiger partial charge on any atom is -0.381 e. The quantitative estimate of drug-likeness (QED) is 0.802. The summed E-state index contributed by atoms with van der Waals surface area (Å²) in [6.45, 7) is 4.18. The highest BCUT2D eigenvalue weighted by atomic mass is 16.5. The Labute approximate surface area is 132 Å². The summed E-state index contributed by atoms with van der Waals surface area (Å²) in [6, 6.07) is 4.94. The van der Waals surface area contributed by atoms with Crippen molar-refractivity contribution < 1.29 is 9.53 Å². The van der Waals surface area contributed by atoms with Gasteiger partial charge in [0.25, 0.3) is 5.91 Å². The van der Waals surface area contributed by atoms with Gasteiger partial charge in [-0.3, -0.25) is 14.4 Å². The number of nitrogens with zero attached hydrogens (tertiary/aromatic N) is 1. The smallest absolute Gasteiger partial charge is 0.316 e. The number of benzene rings is 1. The van der Waals surface area contributed by atoms with E-state index in [1.165, 1.54) is 4.57 Å². The zero-order chi connectivity index (χ0) is 16.4. The van der Waals surface area contributed by atoms with Gasteiger partial charge in [0.2, 0.25) is 0 Å². The number of hydrogen-bond acceptors (Lipinski definition) is 4. The number of carbonyl (C=O) groups is 1. The van der Waals surface area contributed by atoms with E-state index in [2.05, 4.69) is 10.3 Å². The van der Waals surface area contributed by atoms with Crippen LogP contribution in [0.15, 0.2) is 27.8 Å². The Morgan fingerprint density at radius 1 is 1.43 bits per heavy atom. The Balaban J connectivity index is 1.87. The summed E-state index contributed by atoms with van der Waals surface area (Å²) in [7, 11) is 0. The van der Waals surface area contributed by atoms with Crippen LogP contribution in [0, 0.1) is 5.92 Å². The SMILES string of the molecule is CCn1c(=O)c(=O)[nH]c2cc(C(=O)NC[C@@H]3CCOC3)ccc21. The molecule has 0 radical (unpaired) electrons. The third kappa shape index (κ3) is 3.05. The van der Waals surface area contributed by atoms with Crippen molar-refractivity contribution in [1.29, 1.82) is 0 Å². The molecule has 1 aromatic carbocycles. The molecule has 1 fully saturated rings. The summed E-state index contributed by atoms with van der Waals surface area (Å²) >= 11 is 0. The summed E-state index contributed by atoms with van der Waals surface area (Å²) < 4.78 is 6.67. The third-order valence-corrected chi connectivity index (χ3v) is 4.13. The molecule has 3 rings (SSSR count). The van der Waals surface area contributed by atoms with Gasteiger partial charge >= 0.3 is 11.1 Å². The maximum absolute atomic E-state index is 12.2. The van der Waals surface area contributed by atoms with Crippen LogP contribution in [0.3, 0.4) is 0 Å². The first-order valence-corrected chi connectivity index (χ1v) is 7.73. The van der Waals surface area contributed by atoms with E-state index in [4.69, 9.17) is 4.74 Å². The van der Waals surface area contributed by atoms with Crippen LogP contribution in [0.25, 0.3) is 11.0 Å². The fourth-order valence-corrected chi connectivity index (χ4v) is 2.82. The van der Waals surface area contributed by atoms with Crippen LogP contribution in [0.4, 0.5) is 0 Å². The molecule has 0 saturated carbocycles. The third-order valence-electron chi connectivity index (χ3n) is 4.13. The number of rotatable bonds is 4. The first-order chi connectivity index (χ1) is 11.1. The van der Waals surface area contributed by atoms with E-state index in [1.54, 1.807) is 25.1 Å². The second-order valence-corrected chi connectivity index (χ2v) is 5.68. The highest BCUT2D eigenvalue weighted by molar-refractivity contribution is 5.97. The summed E-state index contributed by atoms with van der Waals surface area (Å²) in [5.74, 6) is 0.151. The maximum Gasteiger partial charge on any atom is 0.316 e. The number of H-pyrrole nitrogens is 1. The number of hydrogen-bond donors (Lipinski definition) is 2. The predicted octanol–water partition coefficient (Wildman–Crippen LogP) is 0.476. The molecule has 7 heteroatoms. The summed E-state index contributed by atoms with van der Waals surface area (Å²) in [5.41, 5.74) is 0.276. The molecule has 0 aliphatic carbocycles. The van der Waals surface area contributed by atoms with Crippen molar-refractivity contribution >= 4 is 16.9 Å². The summed E-state index contributed by atoms with van der Waals surface area (Å²) in [4.78, 5) is 38.3. The van der Waals surface area contributed by atoms with E-state index in [-0.39, 0.29) is 5.91 Å². The first kappa shape index (κ1) is 15.5. The van der Waals surface area contributed by atoms with Gasteiger partial charge in [-0.25, -0.2) is 0 Å². The first-order valence-electron chi connectivity index (χ1n) is 7.73. The number of amides is 1. The molecule has 2 aromatic rings. The minimum absolute atomic E-state index is 0.200. The Morgan fingerprint density at radius 2 is 2.26 bits per heavy atom. The van der Waals surface area contributed by atoms with Crippen LogP contribution in [0.5, 0.6) is 0 Å². The van der Waals surface area contributed by atoms with Crippen LogP contribution >= 0.6 is 0 Å². The van der Waals surface area contributed by atoms with Crippen LogP contribution in [-0.2, 0) is 11.3 Å². The molecule has 0 unspecified atom stereocenters. The molecular formula is C16H19N3O4. The molecule has 1 atom stereocenters. The summed E-state index contributed by atoms with van der Waals surface area (Å²) in [6.07, 6.45) is 0.952. The van der Waals surface area contributed by atoms with Gasteiger partial charge in [0.05, 0.1) is 17.6 Å². The van der Waals surface area contributed by atoms with E-state index in [0.717, 1.165) is 13.0 Å². The van der Waals surface area contributed by atoms with Crippen molar-refractivity contribution in [1.82, 2.24) is 14.9 Å². The molecule has 1 aliphatic rings. The van der Waals surface area contributed by atoms with Crippen molar-refractivity contribution in [3.63, 3.8) is 0 Å². The molecule has 0 bridgehead atoms. The van der Waals surface area contributed by atoms with E-state index < -0.39 is 11.1 Å². The number of aryl methyl sites for hydroxylation is 1. The number of fused-ring (bicyclic) bond motifs is 1.